The van der Waals surface area contributed by atoms with Crippen LogP contribution in [0.3, 0.4) is 0 Å². The van der Waals surface area contributed by atoms with E-state index in [4.69, 9.17) is 14.5 Å². The predicted molar refractivity (Wildman–Crippen MR) is 112 cm³/mol. The van der Waals surface area contributed by atoms with Crippen LogP contribution in [0.4, 0.5) is 0 Å². The average molecular weight is 405 g/mol. The fourth-order valence-electron chi connectivity index (χ4n) is 5.16. The lowest BCUT2D eigenvalue weighted by Gasteiger charge is -2.54. The van der Waals surface area contributed by atoms with E-state index in [0.29, 0.717) is 18.7 Å². The van der Waals surface area contributed by atoms with E-state index in [1.54, 1.807) is 0 Å². The van der Waals surface area contributed by atoms with Crippen molar-refractivity contribution in [3.05, 3.63) is 11.6 Å². The van der Waals surface area contributed by atoms with E-state index in [1.165, 1.54) is 25.7 Å². The number of nitrogens with one attached hydrogen (secondary N) is 2. The van der Waals surface area contributed by atoms with Gasteiger partial charge in [-0.2, -0.15) is 0 Å². The molecule has 1 aliphatic heterocycles. The van der Waals surface area contributed by atoms with Crippen LogP contribution in [-0.2, 0) is 23.1 Å². The van der Waals surface area contributed by atoms with Gasteiger partial charge in [-0.25, -0.2) is 4.99 Å². The number of hydrogen-bond acceptors (Lipinski definition) is 5. The van der Waals surface area contributed by atoms with Gasteiger partial charge in [-0.15, -0.1) is 10.2 Å². The van der Waals surface area contributed by atoms with Crippen LogP contribution in [-0.4, -0.2) is 58.7 Å². The third-order valence-electron chi connectivity index (χ3n) is 7.08. The summed E-state index contributed by atoms with van der Waals surface area (Å²) < 4.78 is 13.9. The molecule has 4 rings (SSSR count). The Balaban J connectivity index is 1.44. The summed E-state index contributed by atoms with van der Waals surface area (Å²) in [6.45, 7) is 7.02. The number of aromatic nitrogens is 3. The summed E-state index contributed by atoms with van der Waals surface area (Å²) in [6.07, 6.45) is 9.07. The Morgan fingerprint density at radius 3 is 2.79 bits per heavy atom. The zero-order valence-corrected chi connectivity index (χ0v) is 18.1. The van der Waals surface area contributed by atoms with Crippen molar-refractivity contribution in [2.24, 2.45) is 17.5 Å². The van der Waals surface area contributed by atoms with E-state index >= 15 is 0 Å². The normalized spacial score (nSPS) is 28.7. The second-order valence-corrected chi connectivity index (χ2v) is 8.72. The lowest BCUT2D eigenvalue weighted by Crippen LogP contribution is -2.65. The Morgan fingerprint density at radius 2 is 2.14 bits per heavy atom. The molecule has 2 N–H and O–H groups in total. The quantitative estimate of drug-likeness (QED) is 0.535. The highest BCUT2D eigenvalue weighted by Gasteiger charge is 2.57. The molecule has 3 fully saturated rings. The number of aliphatic imine (C=N–C) groups is 1. The molecular formula is C21H36N6O2. The molecular weight excluding hydrogens is 368 g/mol. The van der Waals surface area contributed by atoms with Gasteiger partial charge in [0.1, 0.15) is 12.4 Å². The van der Waals surface area contributed by atoms with Crippen molar-refractivity contribution in [3.63, 3.8) is 0 Å². The first-order valence-corrected chi connectivity index (χ1v) is 11.3. The van der Waals surface area contributed by atoms with E-state index in [2.05, 4.69) is 27.8 Å². The molecule has 162 valence electrons. The molecule has 3 unspecified atom stereocenters. The van der Waals surface area contributed by atoms with Gasteiger partial charge in [0.2, 0.25) is 0 Å². The van der Waals surface area contributed by atoms with Crippen molar-refractivity contribution < 1.29 is 9.47 Å². The summed E-state index contributed by atoms with van der Waals surface area (Å²) in [6, 6.07) is 0.415. The van der Waals surface area contributed by atoms with Gasteiger partial charge in [-0.1, -0.05) is 12.8 Å². The highest BCUT2D eigenvalue weighted by Crippen LogP contribution is 2.54. The fourth-order valence-corrected chi connectivity index (χ4v) is 5.16. The van der Waals surface area contributed by atoms with E-state index in [-0.39, 0.29) is 11.5 Å². The summed E-state index contributed by atoms with van der Waals surface area (Å²) in [4.78, 5) is 4.85. The molecule has 3 atom stereocenters. The maximum Gasteiger partial charge on any atom is 0.192 e. The predicted octanol–water partition coefficient (Wildman–Crippen LogP) is 2.08. The van der Waals surface area contributed by atoms with Crippen LogP contribution in [0, 0.1) is 12.3 Å². The summed E-state index contributed by atoms with van der Waals surface area (Å²) >= 11 is 0. The molecule has 1 spiro atoms. The van der Waals surface area contributed by atoms with Crippen LogP contribution in [0.1, 0.15) is 63.5 Å². The minimum Gasteiger partial charge on any atom is -0.378 e. The van der Waals surface area contributed by atoms with Gasteiger partial charge >= 0.3 is 0 Å². The van der Waals surface area contributed by atoms with Crippen LogP contribution >= 0.6 is 0 Å². The summed E-state index contributed by atoms with van der Waals surface area (Å²) in [5, 5.41) is 15.7. The summed E-state index contributed by atoms with van der Waals surface area (Å²) in [5.41, 5.74) is 0.268. The minimum atomic E-state index is 0.268. The second kappa shape index (κ2) is 9.00. The minimum absolute atomic E-state index is 0.268. The van der Waals surface area contributed by atoms with Gasteiger partial charge in [0.05, 0.1) is 12.2 Å². The first kappa shape index (κ1) is 20.6. The Hall–Kier alpha value is -1.67. The molecule has 29 heavy (non-hydrogen) atoms. The van der Waals surface area contributed by atoms with E-state index in [0.717, 1.165) is 56.6 Å². The third kappa shape index (κ3) is 4.28. The number of ether oxygens (including phenoxy) is 2. The Labute approximate surface area is 173 Å². The van der Waals surface area contributed by atoms with Crippen molar-refractivity contribution in [1.29, 1.82) is 0 Å². The van der Waals surface area contributed by atoms with Gasteiger partial charge in [-0.3, -0.25) is 0 Å². The van der Waals surface area contributed by atoms with Gasteiger partial charge in [0.25, 0.3) is 0 Å². The molecule has 0 radical (unpaired) electrons. The lowest BCUT2D eigenvalue weighted by molar-refractivity contribution is -0.125. The highest BCUT2D eigenvalue weighted by atomic mass is 16.5. The van der Waals surface area contributed by atoms with Crippen LogP contribution in [0.15, 0.2) is 4.99 Å². The average Bonchev–Trinajstić information content (AvgIpc) is 3.47. The first-order chi connectivity index (χ1) is 14.1. The molecule has 1 aromatic heterocycles. The molecule has 2 saturated carbocycles. The Kier molecular flexibility index (Phi) is 6.39. The third-order valence-corrected chi connectivity index (χ3v) is 7.08. The van der Waals surface area contributed by atoms with Gasteiger partial charge in [0.15, 0.2) is 11.8 Å². The largest absolute Gasteiger partial charge is 0.378 e. The number of rotatable bonds is 7. The van der Waals surface area contributed by atoms with E-state index in [1.807, 2.05) is 18.5 Å². The number of hydrogen-bond donors (Lipinski definition) is 2. The highest BCUT2D eigenvalue weighted by molar-refractivity contribution is 5.80. The van der Waals surface area contributed by atoms with Crippen molar-refractivity contribution in [1.82, 2.24) is 25.4 Å². The molecule has 0 bridgehead atoms. The van der Waals surface area contributed by atoms with Gasteiger partial charge < -0.3 is 24.7 Å². The first-order valence-electron chi connectivity index (χ1n) is 11.3. The standard InChI is InChI=1S/C21H36N6O2/c1-4-28-18-12-17(21(18)9-5-6-10-21)24-20(22-13-16-8-7-11-29-16)23-14-19-26-25-15(2)27(19)3/h16-18H,4-14H2,1-3H3,(H2,22,23,24). The topological polar surface area (TPSA) is 85.6 Å². The van der Waals surface area contributed by atoms with Crippen LogP contribution in [0.25, 0.3) is 0 Å². The molecule has 1 aromatic rings. The zero-order valence-electron chi connectivity index (χ0n) is 18.1. The molecule has 8 heteroatoms. The molecule has 1 saturated heterocycles. The number of nitrogens with zero attached hydrogens (tertiary/aromatic N) is 4. The van der Waals surface area contributed by atoms with E-state index in [9.17, 15) is 0 Å². The van der Waals surface area contributed by atoms with Crippen molar-refractivity contribution >= 4 is 5.96 Å². The lowest BCUT2D eigenvalue weighted by atomic mass is 9.60. The van der Waals surface area contributed by atoms with Crippen LogP contribution in [0.5, 0.6) is 0 Å². The SMILES string of the molecule is CCOC1CC(NC(=NCc2nnc(C)n2C)NCC2CCCO2)C12CCCC2. The zero-order chi connectivity index (χ0) is 20.3. The van der Waals surface area contributed by atoms with Crippen molar-refractivity contribution in [2.75, 3.05) is 19.8 Å². The number of guanidine groups is 1. The van der Waals surface area contributed by atoms with Crippen molar-refractivity contribution in [3.8, 4) is 0 Å². The van der Waals surface area contributed by atoms with Gasteiger partial charge in [-0.05, 0) is 46.0 Å². The summed E-state index contributed by atoms with van der Waals surface area (Å²) in [7, 11) is 1.99. The fraction of sp³-hybridized carbons (Fsp3) is 0.857. The van der Waals surface area contributed by atoms with Crippen LogP contribution in [0.2, 0.25) is 0 Å². The Bertz CT molecular complexity index is 706. The Morgan fingerprint density at radius 1 is 1.31 bits per heavy atom. The maximum atomic E-state index is 6.07. The molecule has 0 amide bonds. The molecule has 2 aliphatic carbocycles. The second-order valence-electron chi connectivity index (χ2n) is 8.72. The molecule has 8 nitrogen and oxygen atoms in total. The smallest absolute Gasteiger partial charge is 0.192 e. The summed E-state index contributed by atoms with van der Waals surface area (Å²) in [5.74, 6) is 2.63. The monoisotopic (exact) mass is 404 g/mol. The molecule has 0 aromatic carbocycles. The van der Waals surface area contributed by atoms with E-state index < -0.39 is 0 Å². The molecule has 2 heterocycles. The van der Waals surface area contributed by atoms with Crippen molar-refractivity contribution in [2.45, 2.75) is 83.6 Å². The number of aryl methyl sites for hydroxylation is 1. The molecule has 3 aliphatic rings. The maximum absolute atomic E-state index is 6.07. The van der Waals surface area contributed by atoms with Gasteiger partial charge in [0, 0.05) is 38.3 Å². The van der Waals surface area contributed by atoms with Crippen LogP contribution < -0.4 is 10.6 Å².